The van der Waals surface area contributed by atoms with Crippen molar-refractivity contribution in [1.29, 1.82) is 0 Å². The van der Waals surface area contributed by atoms with E-state index in [2.05, 4.69) is 52.3 Å². The third-order valence-electron chi connectivity index (χ3n) is 2.39. The van der Waals surface area contributed by atoms with E-state index in [1.165, 1.54) is 23.7 Å². The summed E-state index contributed by atoms with van der Waals surface area (Å²) in [7, 11) is 0. The molecule has 0 fully saturated rings. The molecular formula is C12H17N5S. The summed E-state index contributed by atoms with van der Waals surface area (Å²) in [6.07, 6.45) is 3.40. The zero-order valence-electron chi connectivity index (χ0n) is 10.8. The molecule has 2 heterocycles. The van der Waals surface area contributed by atoms with Crippen molar-refractivity contribution in [2.75, 3.05) is 0 Å². The van der Waals surface area contributed by atoms with Gasteiger partial charge in [-0.2, -0.15) is 5.10 Å². The van der Waals surface area contributed by atoms with E-state index in [1.54, 1.807) is 0 Å². The van der Waals surface area contributed by atoms with Crippen LogP contribution in [0.1, 0.15) is 25.0 Å². The number of nitrogens with zero attached hydrogens (tertiary/aromatic N) is 3. The summed E-state index contributed by atoms with van der Waals surface area (Å²) in [5.41, 5.74) is 2.35. The van der Waals surface area contributed by atoms with Crippen LogP contribution >= 0.6 is 11.8 Å². The molecule has 0 spiro atoms. The maximum Gasteiger partial charge on any atom is 0.189 e. The van der Waals surface area contributed by atoms with Crippen LogP contribution in [-0.2, 0) is 6.54 Å². The van der Waals surface area contributed by atoms with Gasteiger partial charge in [0.25, 0.3) is 0 Å². The van der Waals surface area contributed by atoms with E-state index >= 15 is 0 Å². The van der Waals surface area contributed by atoms with Crippen LogP contribution < -0.4 is 5.32 Å². The van der Waals surface area contributed by atoms with E-state index < -0.39 is 0 Å². The smallest absolute Gasteiger partial charge is 0.189 e. The van der Waals surface area contributed by atoms with Gasteiger partial charge in [-0.05, 0) is 29.8 Å². The minimum absolute atomic E-state index is 0.480. The lowest BCUT2D eigenvalue weighted by Gasteiger charge is -2.09. The number of pyridine rings is 1. The Bertz CT molecular complexity index is 495. The number of hydrogen-bond acceptors (Lipinski definition) is 5. The molecule has 0 aromatic carbocycles. The lowest BCUT2D eigenvalue weighted by Crippen LogP contribution is -2.21. The molecule has 2 N–H and O–H groups in total. The lowest BCUT2D eigenvalue weighted by molar-refractivity contribution is 0.587. The van der Waals surface area contributed by atoms with Crippen LogP contribution in [0.3, 0.4) is 0 Å². The van der Waals surface area contributed by atoms with Crippen LogP contribution in [0.4, 0.5) is 0 Å². The average molecular weight is 263 g/mol. The van der Waals surface area contributed by atoms with Crippen molar-refractivity contribution in [3.8, 4) is 0 Å². The largest absolute Gasteiger partial charge is 0.310 e. The van der Waals surface area contributed by atoms with Crippen LogP contribution in [0.25, 0.3) is 0 Å². The Labute approximate surface area is 111 Å². The molecule has 0 unspecified atom stereocenters. The second-order valence-corrected chi connectivity index (χ2v) is 5.37. The van der Waals surface area contributed by atoms with Gasteiger partial charge in [-0.3, -0.25) is 5.10 Å². The Morgan fingerprint density at radius 1 is 1.39 bits per heavy atom. The van der Waals surface area contributed by atoms with Gasteiger partial charge in [0.05, 0.1) is 0 Å². The first-order valence-electron chi connectivity index (χ1n) is 5.87. The zero-order chi connectivity index (χ0) is 13.0. The number of aromatic nitrogens is 4. The molecule has 2 aromatic heterocycles. The maximum atomic E-state index is 4.47. The Kier molecular flexibility index (Phi) is 4.33. The van der Waals surface area contributed by atoms with Gasteiger partial charge in [0.15, 0.2) is 5.16 Å². The fourth-order valence-corrected chi connectivity index (χ4v) is 2.19. The van der Waals surface area contributed by atoms with Crippen LogP contribution in [0.15, 0.2) is 28.8 Å². The summed E-state index contributed by atoms with van der Waals surface area (Å²) in [6.45, 7) is 7.17. The molecule has 5 nitrogen and oxygen atoms in total. The monoisotopic (exact) mass is 263 g/mol. The van der Waals surface area contributed by atoms with Crippen LogP contribution in [-0.4, -0.2) is 26.2 Å². The molecule has 0 atom stereocenters. The number of hydrogen-bond donors (Lipinski definition) is 2. The number of rotatable bonds is 5. The summed E-state index contributed by atoms with van der Waals surface area (Å²) in [4.78, 5) is 8.54. The van der Waals surface area contributed by atoms with Crippen LogP contribution in [0.5, 0.6) is 0 Å². The molecule has 0 radical (unpaired) electrons. The van der Waals surface area contributed by atoms with Gasteiger partial charge in [-0.1, -0.05) is 19.9 Å². The van der Waals surface area contributed by atoms with E-state index in [4.69, 9.17) is 0 Å². The number of H-pyrrole nitrogens is 1. The Morgan fingerprint density at radius 2 is 2.22 bits per heavy atom. The lowest BCUT2D eigenvalue weighted by atomic mass is 10.2. The molecule has 2 aromatic rings. The second-order valence-electron chi connectivity index (χ2n) is 4.39. The van der Waals surface area contributed by atoms with Gasteiger partial charge in [-0.15, -0.1) is 0 Å². The van der Waals surface area contributed by atoms with Crippen molar-refractivity contribution in [2.24, 2.45) is 0 Å². The molecule has 0 amide bonds. The first-order chi connectivity index (χ1) is 8.65. The van der Waals surface area contributed by atoms with Gasteiger partial charge in [0, 0.05) is 18.8 Å². The maximum absolute atomic E-state index is 4.47. The molecule has 0 aliphatic carbocycles. The topological polar surface area (TPSA) is 66.5 Å². The summed E-state index contributed by atoms with van der Waals surface area (Å²) in [5.74, 6) is 0. The van der Waals surface area contributed by atoms with E-state index in [0.717, 1.165) is 22.3 Å². The first kappa shape index (κ1) is 13.0. The first-order valence-corrected chi connectivity index (χ1v) is 6.69. The normalized spacial score (nSPS) is 11.1. The van der Waals surface area contributed by atoms with Gasteiger partial charge in [-0.25, -0.2) is 9.97 Å². The molecule has 2 rings (SSSR count). The van der Waals surface area contributed by atoms with Gasteiger partial charge in [0.1, 0.15) is 11.4 Å². The van der Waals surface area contributed by atoms with E-state index in [-0.39, 0.29) is 0 Å². The molecule has 0 bridgehead atoms. The molecule has 6 heteroatoms. The SMILES string of the molecule is Cc1cc(CNC(C)C)cnc1Sc1ncn[nH]1. The molecule has 0 saturated heterocycles. The van der Waals surface area contributed by atoms with Crippen molar-refractivity contribution in [1.82, 2.24) is 25.5 Å². The highest BCUT2D eigenvalue weighted by Gasteiger charge is 2.06. The van der Waals surface area contributed by atoms with Crippen molar-refractivity contribution < 1.29 is 0 Å². The van der Waals surface area contributed by atoms with Crippen molar-refractivity contribution in [2.45, 2.75) is 43.5 Å². The number of aryl methyl sites for hydroxylation is 1. The molecule has 0 saturated carbocycles. The predicted molar refractivity (Wildman–Crippen MR) is 71.5 cm³/mol. The Hall–Kier alpha value is -1.40. The molecule has 96 valence electrons. The highest BCUT2D eigenvalue weighted by Crippen LogP contribution is 2.25. The van der Waals surface area contributed by atoms with Crippen LogP contribution in [0.2, 0.25) is 0 Å². The van der Waals surface area contributed by atoms with Gasteiger partial charge < -0.3 is 5.32 Å². The fraction of sp³-hybridized carbons (Fsp3) is 0.417. The summed E-state index contributed by atoms with van der Waals surface area (Å²) in [5, 5.41) is 11.7. The highest BCUT2D eigenvalue weighted by molar-refractivity contribution is 7.99. The Balaban J connectivity index is 2.05. The quantitative estimate of drug-likeness (QED) is 0.865. The van der Waals surface area contributed by atoms with Crippen molar-refractivity contribution in [3.05, 3.63) is 29.7 Å². The number of aromatic amines is 1. The highest BCUT2D eigenvalue weighted by atomic mass is 32.2. The Morgan fingerprint density at radius 3 is 2.83 bits per heavy atom. The van der Waals surface area contributed by atoms with Gasteiger partial charge >= 0.3 is 0 Å². The van der Waals surface area contributed by atoms with Gasteiger partial charge in [0.2, 0.25) is 0 Å². The molecule has 0 aliphatic heterocycles. The third-order valence-corrected chi connectivity index (χ3v) is 3.40. The summed E-state index contributed by atoms with van der Waals surface area (Å²) in [6, 6.07) is 2.63. The summed E-state index contributed by atoms with van der Waals surface area (Å²) < 4.78 is 0. The van der Waals surface area contributed by atoms with Crippen molar-refractivity contribution in [3.63, 3.8) is 0 Å². The zero-order valence-corrected chi connectivity index (χ0v) is 11.6. The predicted octanol–water partition coefficient (Wildman–Crippen LogP) is 2.16. The molecular weight excluding hydrogens is 246 g/mol. The van der Waals surface area contributed by atoms with E-state index in [0.29, 0.717) is 6.04 Å². The molecule has 18 heavy (non-hydrogen) atoms. The standard InChI is InChI=1S/C12H17N5S/c1-8(2)13-5-10-4-9(3)11(14-6-10)18-12-15-7-16-17-12/h4,6-8,13H,5H2,1-3H3,(H,15,16,17). The fourth-order valence-electron chi connectivity index (χ4n) is 1.48. The van der Waals surface area contributed by atoms with Crippen molar-refractivity contribution >= 4 is 11.8 Å². The van der Waals surface area contributed by atoms with Crippen LogP contribution in [0, 0.1) is 6.92 Å². The number of nitrogens with one attached hydrogen (secondary N) is 2. The van der Waals surface area contributed by atoms with E-state index in [1.807, 2.05) is 6.20 Å². The minimum atomic E-state index is 0.480. The minimum Gasteiger partial charge on any atom is -0.310 e. The summed E-state index contributed by atoms with van der Waals surface area (Å²) >= 11 is 1.49. The second kappa shape index (κ2) is 5.97. The molecule has 0 aliphatic rings. The average Bonchev–Trinajstić information content (AvgIpc) is 2.82. The third kappa shape index (κ3) is 3.54. The van der Waals surface area contributed by atoms with E-state index in [9.17, 15) is 0 Å².